The van der Waals surface area contributed by atoms with Crippen molar-refractivity contribution >= 4 is 11.9 Å². The number of hydrogen-bond acceptors (Lipinski definition) is 2. The molecule has 0 atom stereocenters. The minimum Gasteiger partial charge on any atom is -0.481 e. The van der Waals surface area contributed by atoms with E-state index in [1.54, 1.807) is 0 Å². The Kier molecular flexibility index (Phi) is 5.65. The monoisotopic (exact) mass is 295 g/mol. The van der Waals surface area contributed by atoms with E-state index in [9.17, 15) is 14.7 Å². The molecule has 2 aliphatic rings. The maximum Gasteiger partial charge on any atom is 0.311 e. The van der Waals surface area contributed by atoms with Gasteiger partial charge in [0.15, 0.2) is 0 Å². The Morgan fingerprint density at radius 1 is 1.14 bits per heavy atom. The molecule has 0 spiro atoms. The molecule has 1 amide bonds. The van der Waals surface area contributed by atoms with E-state index in [2.05, 4.69) is 12.2 Å². The lowest BCUT2D eigenvalue weighted by atomic mass is 9.71. The van der Waals surface area contributed by atoms with Crippen LogP contribution in [0, 0.1) is 17.3 Å². The van der Waals surface area contributed by atoms with Crippen LogP contribution in [0.25, 0.3) is 0 Å². The topological polar surface area (TPSA) is 66.4 Å². The zero-order valence-electron chi connectivity index (χ0n) is 13.2. The molecule has 0 aromatic rings. The van der Waals surface area contributed by atoms with Crippen molar-refractivity contribution in [3.63, 3.8) is 0 Å². The number of aliphatic carboxylic acids is 1. The van der Waals surface area contributed by atoms with Crippen LogP contribution in [0.1, 0.15) is 71.1 Å². The molecule has 0 aliphatic heterocycles. The summed E-state index contributed by atoms with van der Waals surface area (Å²) in [5, 5.41) is 12.4. The molecule has 4 nitrogen and oxygen atoms in total. The van der Waals surface area contributed by atoms with Gasteiger partial charge >= 0.3 is 5.97 Å². The van der Waals surface area contributed by atoms with Crippen molar-refractivity contribution in [3.8, 4) is 0 Å². The Bertz CT molecular complexity index is 366. The molecule has 0 radical (unpaired) electrons. The average molecular weight is 295 g/mol. The molecule has 0 unspecified atom stereocenters. The number of carboxylic acids is 1. The van der Waals surface area contributed by atoms with E-state index in [-0.39, 0.29) is 5.91 Å². The van der Waals surface area contributed by atoms with Crippen molar-refractivity contribution in [1.82, 2.24) is 5.32 Å². The van der Waals surface area contributed by atoms with Crippen LogP contribution in [0.5, 0.6) is 0 Å². The average Bonchev–Trinajstić information content (AvgIpc) is 2.98. The van der Waals surface area contributed by atoms with E-state index in [4.69, 9.17) is 0 Å². The van der Waals surface area contributed by atoms with Gasteiger partial charge in [0.1, 0.15) is 0 Å². The van der Waals surface area contributed by atoms with Gasteiger partial charge in [-0.05, 0) is 43.9 Å². The molecular formula is C17H29NO3. The number of rotatable bonds is 6. The second-order valence-electron chi connectivity index (χ2n) is 7.23. The molecule has 2 aliphatic carbocycles. The third-order valence-corrected chi connectivity index (χ3v) is 5.56. The minimum absolute atomic E-state index is 0.0288. The third-order valence-electron chi connectivity index (χ3n) is 5.56. The fraction of sp³-hybridized carbons (Fsp3) is 0.882. The SMILES string of the molecule is CC1CCC(CNC(=O)CCC2CCCC2)(C(=O)O)CC1. The number of hydrogen-bond donors (Lipinski definition) is 2. The van der Waals surface area contributed by atoms with Crippen LogP contribution < -0.4 is 5.32 Å². The highest BCUT2D eigenvalue weighted by atomic mass is 16.4. The van der Waals surface area contributed by atoms with Crippen molar-refractivity contribution < 1.29 is 14.7 Å². The summed E-state index contributed by atoms with van der Waals surface area (Å²) in [5.41, 5.74) is -0.727. The Hall–Kier alpha value is -1.06. The standard InChI is InChI=1S/C17H29NO3/c1-13-8-10-17(11-9-13,16(20)21)12-18-15(19)7-6-14-4-2-3-5-14/h13-14H,2-12H2,1H3,(H,18,19)(H,20,21). The van der Waals surface area contributed by atoms with Gasteiger partial charge in [-0.15, -0.1) is 0 Å². The maximum atomic E-state index is 12.0. The van der Waals surface area contributed by atoms with Gasteiger partial charge in [0.25, 0.3) is 0 Å². The molecule has 0 heterocycles. The normalized spacial score (nSPS) is 30.2. The van der Waals surface area contributed by atoms with E-state index in [0.717, 1.165) is 19.3 Å². The lowest BCUT2D eigenvalue weighted by Gasteiger charge is -2.35. The lowest BCUT2D eigenvalue weighted by Crippen LogP contribution is -2.45. The van der Waals surface area contributed by atoms with Gasteiger partial charge in [0, 0.05) is 13.0 Å². The number of carbonyl (C=O) groups excluding carboxylic acids is 1. The van der Waals surface area contributed by atoms with E-state index in [0.29, 0.717) is 37.6 Å². The summed E-state index contributed by atoms with van der Waals surface area (Å²) in [4.78, 5) is 23.6. The number of nitrogens with one attached hydrogen (secondary N) is 1. The molecule has 4 heteroatoms. The van der Waals surface area contributed by atoms with E-state index >= 15 is 0 Å². The Morgan fingerprint density at radius 3 is 2.33 bits per heavy atom. The molecule has 2 rings (SSSR count). The fourth-order valence-corrected chi connectivity index (χ4v) is 3.77. The first-order valence-corrected chi connectivity index (χ1v) is 8.52. The Morgan fingerprint density at radius 2 is 1.76 bits per heavy atom. The molecule has 2 fully saturated rings. The first-order valence-electron chi connectivity index (χ1n) is 8.52. The van der Waals surface area contributed by atoms with Crippen molar-refractivity contribution in [3.05, 3.63) is 0 Å². The van der Waals surface area contributed by atoms with Crippen LogP contribution in [0.15, 0.2) is 0 Å². The van der Waals surface area contributed by atoms with E-state index < -0.39 is 11.4 Å². The quantitative estimate of drug-likeness (QED) is 0.789. The summed E-state index contributed by atoms with van der Waals surface area (Å²) in [6, 6.07) is 0. The molecule has 120 valence electrons. The summed E-state index contributed by atoms with van der Waals surface area (Å²) in [5.74, 6) is 0.599. The van der Waals surface area contributed by atoms with Crippen LogP contribution in [0.2, 0.25) is 0 Å². The zero-order valence-corrected chi connectivity index (χ0v) is 13.2. The number of amides is 1. The van der Waals surface area contributed by atoms with Gasteiger partial charge in [-0.25, -0.2) is 0 Å². The number of carbonyl (C=O) groups is 2. The lowest BCUT2D eigenvalue weighted by molar-refractivity contribution is -0.151. The minimum atomic E-state index is -0.745. The Labute approximate surface area is 127 Å². The summed E-state index contributed by atoms with van der Waals surface area (Å²) < 4.78 is 0. The first-order chi connectivity index (χ1) is 10.0. The molecule has 21 heavy (non-hydrogen) atoms. The van der Waals surface area contributed by atoms with Crippen LogP contribution in [0.3, 0.4) is 0 Å². The second-order valence-corrected chi connectivity index (χ2v) is 7.23. The molecule has 2 saturated carbocycles. The zero-order chi connectivity index (χ0) is 15.3. The van der Waals surface area contributed by atoms with Gasteiger partial charge < -0.3 is 10.4 Å². The van der Waals surface area contributed by atoms with Crippen LogP contribution >= 0.6 is 0 Å². The van der Waals surface area contributed by atoms with Gasteiger partial charge in [-0.2, -0.15) is 0 Å². The Balaban J connectivity index is 1.76. The van der Waals surface area contributed by atoms with Gasteiger partial charge in [-0.1, -0.05) is 32.6 Å². The second kappa shape index (κ2) is 7.28. The number of carboxylic acid groups (broad SMARTS) is 1. The van der Waals surface area contributed by atoms with Crippen molar-refractivity contribution in [2.24, 2.45) is 17.3 Å². The molecule has 0 aromatic carbocycles. The highest BCUT2D eigenvalue weighted by molar-refractivity contribution is 5.79. The molecular weight excluding hydrogens is 266 g/mol. The molecule has 2 N–H and O–H groups in total. The summed E-state index contributed by atoms with van der Waals surface area (Å²) >= 11 is 0. The third kappa shape index (κ3) is 4.45. The van der Waals surface area contributed by atoms with Crippen LogP contribution in [0.4, 0.5) is 0 Å². The van der Waals surface area contributed by atoms with Crippen molar-refractivity contribution in [2.45, 2.75) is 71.1 Å². The maximum absolute atomic E-state index is 12.0. The van der Waals surface area contributed by atoms with Crippen molar-refractivity contribution in [1.29, 1.82) is 0 Å². The van der Waals surface area contributed by atoms with Gasteiger partial charge in [0.2, 0.25) is 5.91 Å². The summed E-state index contributed by atoms with van der Waals surface area (Å²) in [7, 11) is 0. The largest absolute Gasteiger partial charge is 0.481 e. The smallest absolute Gasteiger partial charge is 0.311 e. The summed E-state index contributed by atoms with van der Waals surface area (Å²) in [6.45, 7) is 2.48. The van der Waals surface area contributed by atoms with Gasteiger partial charge in [0.05, 0.1) is 5.41 Å². The van der Waals surface area contributed by atoms with Crippen molar-refractivity contribution in [2.75, 3.05) is 6.54 Å². The fourth-order valence-electron chi connectivity index (χ4n) is 3.77. The predicted molar refractivity (Wildman–Crippen MR) is 81.9 cm³/mol. The molecule has 0 saturated heterocycles. The van der Waals surface area contributed by atoms with E-state index in [1.165, 1.54) is 25.7 Å². The highest BCUT2D eigenvalue weighted by Crippen LogP contribution is 2.38. The summed E-state index contributed by atoms with van der Waals surface area (Å²) in [6.07, 6.45) is 9.89. The molecule has 0 bridgehead atoms. The van der Waals surface area contributed by atoms with Crippen LogP contribution in [-0.2, 0) is 9.59 Å². The predicted octanol–water partition coefficient (Wildman–Crippen LogP) is 3.35. The van der Waals surface area contributed by atoms with Crippen LogP contribution in [-0.4, -0.2) is 23.5 Å². The highest BCUT2D eigenvalue weighted by Gasteiger charge is 2.41. The van der Waals surface area contributed by atoms with E-state index in [1.807, 2.05) is 0 Å². The van der Waals surface area contributed by atoms with Gasteiger partial charge in [-0.3, -0.25) is 9.59 Å². The first kappa shape index (κ1) is 16.3. The molecule has 0 aromatic heterocycles.